The first-order valence-corrected chi connectivity index (χ1v) is 7.53. The Bertz CT molecular complexity index is 475. The molecule has 1 aromatic carbocycles. The van der Waals surface area contributed by atoms with Gasteiger partial charge in [0.25, 0.3) is 5.71 Å². The van der Waals surface area contributed by atoms with Gasteiger partial charge in [-0.15, -0.1) is 0 Å². The van der Waals surface area contributed by atoms with Crippen LogP contribution in [0.1, 0.15) is 50.5 Å². The highest BCUT2D eigenvalue weighted by Crippen LogP contribution is 2.51. The van der Waals surface area contributed by atoms with Crippen LogP contribution in [0.3, 0.4) is 0 Å². The van der Waals surface area contributed by atoms with E-state index in [1.807, 2.05) is 0 Å². The SMILES string of the molecule is [N-]=[N+]=C1CCC2(CC1)CCC(Cc1ccccc1)C2. The summed E-state index contributed by atoms with van der Waals surface area (Å²) in [7, 11) is 0. The van der Waals surface area contributed by atoms with Crippen LogP contribution in [-0.2, 0) is 6.42 Å². The molecular formula is C17H22N2. The second-order valence-electron chi connectivity index (χ2n) is 6.46. The first-order chi connectivity index (χ1) is 9.30. The fourth-order valence-electron chi connectivity index (χ4n) is 4.07. The molecule has 2 heteroatoms. The van der Waals surface area contributed by atoms with E-state index in [1.54, 1.807) is 0 Å². The molecule has 2 aliphatic carbocycles. The van der Waals surface area contributed by atoms with Crippen LogP contribution in [0.15, 0.2) is 30.3 Å². The third kappa shape index (κ3) is 2.79. The van der Waals surface area contributed by atoms with Crippen LogP contribution >= 0.6 is 0 Å². The maximum absolute atomic E-state index is 8.86. The van der Waals surface area contributed by atoms with Crippen LogP contribution in [0.2, 0.25) is 0 Å². The monoisotopic (exact) mass is 254 g/mol. The third-order valence-electron chi connectivity index (χ3n) is 5.20. The molecule has 0 radical (unpaired) electrons. The molecule has 3 rings (SSSR count). The van der Waals surface area contributed by atoms with E-state index < -0.39 is 0 Å². The molecule has 0 aromatic heterocycles. The van der Waals surface area contributed by atoms with Crippen molar-refractivity contribution in [3.8, 4) is 0 Å². The molecule has 0 heterocycles. The predicted octanol–water partition coefficient (Wildman–Crippen LogP) is 4.26. The van der Waals surface area contributed by atoms with Gasteiger partial charge in [-0.1, -0.05) is 30.3 Å². The van der Waals surface area contributed by atoms with Gasteiger partial charge in [-0.05, 0) is 55.4 Å². The highest BCUT2D eigenvalue weighted by atomic mass is 14.9. The van der Waals surface area contributed by atoms with Gasteiger partial charge in [0.05, 0.1) is 0 Å². The summed E-state index contributed by atoms with van der Waals surface area (Å²) in [6.07, 6.45) is 9.85. The Labute approximate surface area is 115 Å². The zero-order valence-corrected chi connectivity index (χ0v) is 11.5. The highest BCUT2D eigenvalue weighted by Gasteiger charge is 2.42. The Balaban J connectivity index is 1.60. The van der Waals surface area contributed by atoms with Gasteiger partial charge < -0.3 is 5.53 Å². The Hall–Kier alpha value is -1.40. The van der Waals surface area contributed by atoms with Crippen LogP contribution in [0.25, 0.3) is 5.53 Å². The normalized spacial score (nSPS) is 30.5. The Morgan fingerprint density at radius 1 is 1.11 bits per heavy atom. The third-order valence-corrected chi connectivity index (χ3v) is 5.20. The number of hydrogen-bond donors (Lipinski definition) is 0. The second kappa shape index (κ2) is 5.30. The van der Waals surface area contributed by atoms with Crippen molar-refractivity contribution in [1.82, 2.24) is 0 Å². The molecule has 0 saturated heterocycles. The summed E-state index contributed by atoms with van der Waals surface area (Å²) < 4.78 is 0. The minimum atomic E-state index is 0.563. The van der Waals surface area contributed by atoms with Crippen LogP contribution in [0.5, 0.6) is 0 Å². The van der Waals surface area contributed by atoms with Crippen molar-refractivity contribution in [3.63, 3.8) is 0 Å². The first-order valence-electron chi connectivity index (χ1n) is 7.53. The molecule has 1 spiro atoms. The maximum atomic E-state index is 8.86. The maximum Gasteiger partial charge on any atom is 0.268 e. The number of rotatable bonds is 2. The lowest BCUT2D eigenvalue weighted by molar-refractivity contribution is -0.0173. The quantitative estimate of drug-likeness (QED) is 0.558. The molecule has 1 unspecified atom stereocenters. The van der Waals surface area contributed by atoms with Crippen LogP contribution in [0, 0.1) is 11.3 Å². The Kier molecular flexibility index (Phi) is 3.52. The number of hydrogen-bond acceptors (Lipinski definition) is 0. The van der Waals surface area contributed by atoms with E-state index in [0.717, 1.165) is 24.5 Å². The lowest BCUT2D eigenvalue weighted by Crippen LogP contribution is -2.25. The molecule has 0 amide bonds. The molecule has 2 saturated carbocycles. The molecular weight excluding hydrogens is 232 g/mol. The second-order valence-corrected chi connectivity index (χ2v) is 6.46. The molecule has 2 fully saturated rings. The van der Waals surface area contributed by atoms with Crippen molar-refractivity contribution in [2.45, 2.75) is 51.4 Å². The van der Waals surface area contributed by atoms with Crippen LogP contribution in [0.4, 0.5) is 0 Å². The van der Waals surface area contributed by atoms with Crippen molar-refractivity contribution in [3.05, 3.63) is 41.4 Å². The van der Waals surface area contributed by atoms with Gasteiger partial charge in [0.1, 0.15) is 0 Å². The van der Waals surface area contributed by atoms with Crippen molar-refractivity contribution in [2.75, 3.05) is 0 Å². The summed E-state index contributed by atoms with van der Waals surface area (Å²) in [6, 6.07) is 10.9. The van der Waals surface area contributed by atoms with Gasteiger partial charge in [0.15, 0.2) is 0 Å². The summed E-state index contributed by atoms with van der Waals surface area (Å²) in [4.78, 5) is 3.41. The summed E-state index contributed by atoms with van der Waals surface area (Å²) in [6.45, 7) is 0. The van der Waals surface area contributed by atoms with Crippen molar-refractivity contribution in [2.24, 2.45) is 11.3 Å². The number of nitrogens with zero attached hydrogens (tertiary/aromatic N) is 2. The molecule has 0 aliphatic heterocycles. The summed E-state index contributed by atoms with van der Waals surface area (Å²) in [5.41, 5.74) is 11.9. The molecule has 100 valence electrons. The minimum Gasteiger partial charge on any atom is -0.362 e. The molecule has 19 heavy (non-hydrogen) atoms. The molecule has 2 aliphatic rings. The van der Waals surface area contributed by atoms with Gasteiger partial charge in [-0.2, -0.15) is 4.79 Å². The van der Waals surface area contributed by atoms with E-state index in [4.69, 9.17) is 5.53 Å². The molecule has 0 N–H and O–H groups in total. The first kappa shape index (κ1) is 12.6. The molecule has 2 nitrogen and oxygen atoms in total. The number of benzene rings is 1. The highest BCUT2D eigenvalue weighted by molar-refractivity contribution is 5.79. The average Bonchev–Trinajstić information content (AvgIpc) is 2.84. The van der Waals surface area contributed by atoms with E-state index in [9.17, 15) is 0 Å². The van der Waals surface area contributed by atoms with Crippen molar-refractivity contribution >= 4 is 5.71 Å². The van der Waals surface area contributed by atoms with E-state index in [0.29, 0.717) is 5.41 Å². The lowest BCUT2D eigenvalue weighted by Gasteiger charge is -2.31. The largest absolute Gasteiger partial charge is 0.362 e. The van der Waals surface area contributed by atoms with Gasteiger partial charge in [-0.25, -0.2) is 0 Å². The zero-order valence-electron chi connectivity index (χ0n) is 11.5. The zero-order chi connectivity index (χ0) is 13.1. The topological polar surface area (TPSA) is 36.4 Å². The van der Waals surface area contributed by atoms with E-state index in [1.165, 1.54) is 44.1 Å². The lowest BCUT2D eigenvalue weighted by atomic mass is 9.71. The average molecular weight is 254 g/mol. The van der Waals surface area contributed by atoms with Gasteiger partial charge in [-0.3, -0.25) is 0 Å². The fraction of sp³-hybridized carbons (Fsp3) is 0.588. The van der Waals surface area contributed by atoms with Gasteiger partial charge >= 0.3 is 0 Å². The van der Waals surface area contributed by atoms with E-state index >= 15 is 0 Å². The van der Waals surface area contributed by atoms with Crippen molar-refractivity contribution in [1.29, 1.82) is 0 Å². The van der Waals surface area contributed by atoms with Gasteiger partial charge in [0.2, 0.25) is 0 Å². The van der Waals surface area contributed by atoms with Crippen LogP contribution in [-0.4, -0.2) is 10.5 Å². The van der Waals surface area contributed by atoms with Crippen LogP contribution < -0.4 is 0 Å². The predicted molar refractivity (Wildman–Crippen MR) is 77.0 cm³/mol. The molecule has 0 bridgehead atoms. The fourth-order valence-corrected chi connectivity index (χ4v) is 4.07. The Morgan fingerprint density at radius 2 is 1.84 bits per heavy atom. The van der Waals surface area contributed by atoms with Gasteiger partial charge in [0, 0.05) is 12.8 Å². The minimum absolute atomic E-state index is 0.563. The summed E-state index contributed by atoms with van der Waals surface area (Å²) in [5, 5.41) is 0. The molecule has 1 aromatic rings. The standard InChI is InChI=1S/C17H22N2/c18-19-16-7-10-17(11-8-16)9-6-15(13-17)12-14-4-2-1-3-5-14/h1-5,15H,6-13H2. The smallest absolute Gasteiger partial charge is 0.268 e. The van der Waals surface area contributed by atoms with E-state index in [-0.39, 0.29) is 0 Å². The summed E-state index contributed by atoms with van der Waals surface area (Å²) in [5.74, 6) is 0.856. The van der Waals surface area contributed by atoms with Crippen molar-refractivity contribution < 1.29 is 4.79 Å². The summed E-state index contributed by atoms with van der Waals surface area (Å²) >= 11 is 0. The molecule has 1 atom stereocenters. The Morgan fingerprint density at radius 3 is 2.53 bits per heavy atom. The van der Waals surface area contributed by atoms with E-state index in [2.05, 4.69) is 35.1 Å².